The molecule has 0 saturated carbocycles. The molecule has 1 heterocycles. The summed E-state index contributed by atoms with van der Waals surface area (Å²) in [5.74, 6) is 1.55. The van der Waals surface area contributed by atoms with Crippen LogP contribution in [0.5, 0.6) is 0 Å². The molecule has 0 spiro atoms. The zero-order chi connectivity index (χ0) is 12.7. The van der Waals surface area contributed by atoms with E-state index in [1.165, 1.54) is 51.9 Å². The number of hydrogen-bond donors (Lipinski definition) is 1. The average Bonchev–Trinajstić information content (AvgIpc) is 2.44. The predicted octanol–water partition coefficient (Wildman–Crippen LogP) is 3.13. The molecule has 1 rings (SSSR count). The van der Waals surface area contributed by atoms with Crippen molar-refractivity contribution in [3.05, 3.63) is 0 Å². The van der Waals surface area contributed by atoms with E-state index >= 15 is 0 Å². The normalized spacial score (nSPS) is 22.4. The molecule has 0 aromatic heterocycles. The predicted molar refractivity (Wildman–Crippen MR) is 76.4 cm³/mol. The summed E-state index contributed by atoms with van der Waals surface area (Å²) in [5, 5.41) is 3.72. The van der Waals surface area contributed by atoms with E-state index in [2.05, 4.69) is 37.9 Å². The van der Waals surface area contributed by atoms with E-state index < -0.39 is 0 Å². The maximum absolute atomic E-state index is 3.72. The second-order valence-corrected chi connectivity index (χ2v) is 6.51. The zero-order valence-electron chi connectivity index (χ0n) is 12.3. The summed E-state index contributed by atoms with van der Waals surface area (Å²) < 4.78 is 0. The van der Waals surface area contributed by atoms with Gasteiger partial charge in [-0.1, -0.05) is 40.5 Å². The highest BCUT2D eigenvalue weighted by Crippen LogP contribution is 2.12. The fourth-order valence-electron chi connectivity index (χ4n) is 2.82. The van der Waals surface area contributed by atoms with Gasteiger partial charge >= 0.3 is 0 Å². The van der Waals surface area contributed by atoms with Crippen LogP contribution in [0.3, 0.4) is 0 Å². The molecule has 0 bridgehead atoms. The molecule has 1 aliphatic rings. The van der Waals surface area contributed by atoms with Gasteiger partial charge in [-0.15, -0.1) is 0 Å². The van der Waals surface area contributed by atoms with E-state index in [0.717, 1.165) is 17.9 Å². The van der Waals surface area contributed by atoms with E-state index in [4.69, 9.17) is 0 Å². The van der Waals surface area contributed by atoms with Crippen molar-refractivity contribution in [2.45, 2.75) is 59.4 Å². The third-order valence-electron chi connectivity index (χ3n) is 3.39. The molecule has 1 atom stereocenters. The van der Waals surface area contributed by atoms with Gasteiger partial charge in [0.1, 0.15) is 0 Å². The van der Waals surface area contributed by atoms with Crippen molar-refractivity contribution in [3.63, 3.8) is 0 Å². The Morgan fingerprint density at radius 2 is 1.65 bits per heavy atom. The van der Waals surface area contributed by atoms with Crippen LogP contribution < -0.4 is 5.32 Å². The quantitative estimate of drug-likeness (QED) is 0.767. The minimum atomic E-state index is 0.731. The minimum absolute atomic E-state index is 0.731. The minimum Gasteiger partial charge on any atom is -0.313 e. The largest absolute Gasteiger partial charge is 0.313 e. The van der Waals surface area contributed by atoms with Gasteiger partial charge in [-0.05, 0) is 31.2 Å². The Kier molecular flexibility index (Phi) is 7.14. The van der Waals surface area contributed by atoms with Crippen LogP contribution in [0.15, 0.2) is 0 Å². The highest BCUT2D eigenvalue weighted by Gasteiger charge is 2.17. The smallest absolute Gasteiger partial charge is 0.0195 e. The van der Waals surface area contributed by atoms with E-state index in [1.54, 1.807) is 0 Å². The summed E-state index contributed by atoms with van der Waals surface area (Å²) in [5.41, 5.74) is 0. The van der Waals surface area contributed by atoms with Gasteiger partial charge in [-0.2, -0.15) is 0 Å². The molecule has 1 N–H and O–H groups in total. The molecule has 17 heavy (non-hydrogen) atoms. The highest BCUT2D eigenvalue weighted by molar-refractivity contribution is 4.76. The van der Waals surface area contributed by atoms with Gasteiger partial charge in [0.05, 0.1) is 0 Å². The van der Waals surface area contributed by atoms with Crippen molar-refractivity contribution in [2.24, 2.45) is 11.8 Å². The maximum Gasteiger partial charge on any atom is 0.0195 e. The Bertz CT molecular complexity index is 171. The van der Waals surface area contributed by atoms with Crippen LogP contribution in [0.1, 0.15) is 53.4 Å². The third-order valence-corrected chi connectivity index (χ3v) is 3.39. The Balaban J connectivity index is 2.39. The van der Waals surface area contributed by atoms with Crippen LogP contribution >= 0.6 is 0 Å². The Morgan fingerprint density at radius 3 is 2.24 bits per heavy atom. The zero-order valence-corrected chi connectivity index (χ0v) is 12.3. The van der Waals surface area contributed by atoms with Crippen molar-refractivity contribution in [1.82, 2.24) is 10.2 Å². The topological polar surface area (TPSA) is 15.3 Å². The second kappa shape index (κ2) is 8.10. The van der Waals surface area contributed by atoms with Gasteiger partial charge in [0.25, 0.3) is 0 Å². The van der Waals surface area contributed by atoms with Crippen LogP contribution in [-0.2, 0) is 0 Å². The van der Waals surface area contributed by atoms with Gasteiger partial charge in [-0.25, -0.2) is 0 Å². The number of rotatable bonds is 6. The molecule has 1 unspecified atom stereocenters. The van der Waals surface area contributed by atoms with Gasteiger partial charge < -0.3 is 10.2 Å². The molecular formula is C15H32N2. The molecule has 2 heteroatoms. The molecule has 2 nitrogen and oxygen atoms in total. The van der Waals surface area contributed by atoms with Crippen LogP contribution in [-0.4, -0.2) is 37.1 Å². The highest BCUT2D eigenvalue weighted by atomic mass is 15.2. The van der Waals surface area contributed by atoms with Crippen LogP contribution in [0.25, 0.3) is 0 Å². The maximum atomic E-state index is 3.72. The second-order valence-electron chi connectivity index (χ2n) is 6.51. The van der Waals surface area contributed by atoms with Gasteiger partial charge in [0.2, 0.25) is 0 Å². The summed E-state index contributed by atoms with van der Waals surface area (Å²) in [7, 11) is 0. The fraction of sp³-hybridized carbons (Fsp3) is 1.00. The summed E-state index contributed by atoms with van der Waals surface area (Å²) in [6.45, 7) is 14.3. The SMILES string of the molecule is CC(C)CN(CC(C)C)CC1CCCCCN1. The summed E-state index contributed by atoms with van der Waals surface area (Å²) >= 11 is 0. The van der Waals surface area contributed by atoms with Crippen molar-refractivity contribution in [2.75, 3.05) is 26.2 Å². The molecule has 1 aliphatic heterocycles. The number of nitrogens with one attached hydrogen (secondary N) is 1. The molecule has 0 radical (unpaired) electrons. The molecule has 1 fully saturated rings. The molecular weight excluding hydrogens is 208 g/mol. The number of hydrogen-bond acceptors (Lipinski definition) is 2. The first-order valence-electron chi connectivity index (χ1n) is 7.53. The Morgan fingerprint density at radius 1 is 1.00 bits per heavy atom. The fourth-order valence-corrected chi connectivity index (χ4v) is 2.82. The summed E-state index contributed by atoms with van der Waals surface area (Å²) in [6, 6.07) is 0.731. The third kappa shape index (κ3) is 7.05. The van der Waals surface area contributed by atoms with E-state index in [0.29, 0.717) is 0 Å². The lowest BCUT2D eigenvalue weighted by molar-refractivity contribution is 0.195. The first-order valence-corrected chi connectivity index (χ1v) is 7.53. The summed E-state index contributed by atoms with van der Waals surface area (Å²) in [6.07, 6.45) is 5.56. The Hall–Kier alpha value is -0.0800. The molecule has 102 valence electrons. The number of nitrogens with zero attached hydrogens (tertiary/aromatic N) is 1. The van der Waals surface area contributed by atoms with Crippen molar-refractivity contribution < 1.29 is 0 Å². The van der Waals surface area contributed by atoms with Crippen molar-refractivity contribution >= 4 is 0 Å². The van der Waals surface area contributed by atoms with Crippen LogP contribution in [0.4, 0.5) is 0 Å². The van der Waals surface area contributed by atoms with E-state index in [-0.39, 0.29) is 0 Å². The van der Waals surface area contributed by atoms with Crippen LogP contribution in [0.2, 0.25) is 0 Å². The molecule has 0 amide bonds. The van der Waals surface area contributed by atoms with E-state index in [1.807, 2.05) is 0 Å². The summed E-state index contributed by atoms with van der Waals surface area (Å²) in [4.78, 5) is 2.66. The first-order chi connectivity index (χ1) is 8.08. The lowest BCUT2D eigenvalue weighted by atomic mass is 10.1. The van der Waals surface area contributed by atoms with Crippen LogP contribution in [0, 0.1) is 11.8 Å². The van der Waals surface area contributed by atoms with E-state index in [9.17, 15) is 0 Å². The lowest BCUT2D eigenvalue weighted by Crippen LogP contribution is -2.43. The van der Waals surface area contributed by atoms with Crippen molar-refractivity contribution in [1.29, 1.82) is 0 Å². The molecule has 0 aromatic rings. The average molecular weight is 240 g/mol. The lowest BCUT2D eigenvalue weighted by Gasteiger charge is -2.30. The Labute approximate surface area is 108 Å². The molecule has 0 aliphatic carbocycles. The monoisotopic (exact) mass is 240 g/mol. The van der Waals surface area contributed by atoms with Crippen molar-refractivity contribution in [3.8, 4) is 0 Å². The standard InChI is InChI=1S/C15H32N2/c1-13(2)10-17(11-14(3)4)12-15-8-6-5-7-9-16-15/h13-16H,5-12H2,1-4H3. The van der Waals surface area contributed by atoms with Gasteiger partial charge in [0.15, 0.2) is 0 Å². The van der Waals surface area contributed by atoms with Gasteiger partial charge in [-0.3, -0.25) is 0 Å². The molecule has 0 aromatic carbocycles. The molecule has 1 saturated heterocycles. The first kappa shape index (κ1) is 15.0. The van der Waals surface area contributed by atoms with Gasteiger partial charge in [0, 0.05) is 25.7 Å².